The second-order valence-corrected chi connectivity index (χ2v) is 9.22. The van der Waals surface area contributed by atoms with E-state index in [9.17, 15) is 8.42 Å². The van der Waals surface area contributed by atoms with Crippen molar-refractivity contribution >= 4 is 21.5 Å². The first kappa shape index (κ1) is 20.5. The van der Waals surface area contributed by atoms with E-state index < -0.39 is 16.1 Å². The lowest BCUT2D eigenvalue weighted by molar-refractivity contribution is -0.00492. The first-order valence-corrected chi connectivity index (χ1v) is 11.2. The van der Waals surface area contributed by atoms with Crippen molar-refractivity contribution in [1.29, 1.82) is 0 Å². The summed E-state index contributed by atoms with van der Waals surface area (Å²) in [6.45, 7) is 4.76. The maximum Gasteiger partial charge on any atom is 0.243 e. The number of benzene rings is 1. The van der Waals surface area contributed by atoms with Crippen molar-refractivity contribution in [3.05, 3.63) is 77.7 Å². The number of morpholine rings is 1. The van der Waals surface area contributed by atoms with Gasteiger partial charge in [-0.1, -0.05) is 12.1 Å². The van der Waals surface area contributed by atoms with Gasteiger partial charge in [0.15, 0.2) is 0 Å². The van der Waals surface area contributed by atoms with E-state index in [1.807, 2.05) is 50.2 Å². The summed E-state index contributed by atoms with van der Waals surface area (Å²) in [5.41, 5.74) is 3.52. The highest BCUT2D eigenvalue weighted by Crippen LogP contribution is 2.27. The lowest BCUT2D eigenvalue weighted by atomic mass is 10.1. The fourth-order valence-corrected chi connectivity index (χ4v) is 4.81. The lowest BCUT2D eigenvalue weighted by Crippen LogP contribution is -2.42. The number of hydrogen-bond donors (Lipinski definition) is 1. The van der Waals surface area contributed by atoms with Crippen LogP contribution in [0.2, 0.25) is 0 Å². The van der Waals surface area contributed by atoms with Gasteiger partial charge in [-0.05, 0) is 61.4 Å². The second-order valence-electron chi connectivity index (χ2n) is 7.28. The van der Waals surface area contributed by atoms with Crippen molar-refractivity contribution in [1.82, 2.24) is 14.3 Å². The number of nitrogens with one attached hydrogen (secondary N) is 1. The van der Waals surface area contributed by atoms with Gasteiger partial charge in [-0.3, -0.25) is 4.98 Å². The number of rotatable bonds is 5. The molecule has 8 heteroatoms. The molecule has 1 aliphatic rings. The fourth-order valence-electron chi connectivity index (χ4n) is 3.30. The Bertz CT molecular complexity index is 1120. The Labute approximate surface area is 176 Å². The van der Waals surface area contributed by atoms with E-state index in [0.717, 1.165) is 22.6 Å². The Morgan fingerprint density at radius 2 is 1.93 bits per heavy atom. The number of aryl methyl sites for hydroxylation is 2. The molecule has 0 aliphatic carbocycles. The van der Waals surface area contributed by atoms with Crippen LogP contribution in [0.4, 0.5) is 11.5 Å². The maximum atomic E-state index is 13.1. The largest absolute Gasteiger partial charge is 0.369 e. The van der Waals surface area contributed by atoms with Crippen molar-refractivity contribution in [2.24, 2.45) is 0 Å². The maximum absolute atomic E-state index is 13.1. The minimum Gasteiger partial charge on any atom is -0.369 e. The Hall–Kier alpha value is -2.81. The van der Waals surface area contributed by atoms with Crippen LogP contribution in [-0.4, -0.2) is 42.4 Å². The van der Waals surface area contributed by atoms with E-state index in [-0.39, 0.29) is 6.54 Å². The molecule has 1 aromatic carbocycles. The molecule has 1 aliphatic heterocycles. The molecular formula is C22H24N4O3S. The number of pyridine rings is 2. The highest BCUT2D eigenvalue weighted by molar-refractivity contribution is 7.89. The molecule has 1 unspecified atom stereocenters. The molecule has 4 rings (SSSR count). The summed E-state index contributed by atoms with van der Waals surface area (Å²) in [5.74, 6) is 0.728. The quantitative estimate of drug-likeness (QED) is 0.674. The molecule has 30 heavy (non-hydrogen) atoms. The topological polar surface area (TPSA) is 84.4 Å². The van der Waals surface area contributed by atoms with Crippen LogP contribution in [0.15, 0.2) is 65.8 Å². The van der Waals surface area contributed by atoms with Crippen molar-refractivity contribution in [3.63, 3.8) is 0 Å². The van der Waals surface area contributed by atoms with Crippen LogP contribution in [0.5, 0.6) is 0 Å². The summed E-state index contributed by atoms with van der Waals surface area (Å²) in [6, 6.07) is 14.6. The Balaban J connectivity index is 1.49. The molecule has 1 saturated heterocycles. The summed E-state index contributed by atoms with van der Waals surface area (Å²) < 4.78 is 33.5. The molecule has 0 radical (unpaired) electrons. The van der Waals surface area contributed by atoms with Gasteiger partial charge in [-0.2, -0.15) is 4.31 Å². The number of sulfonamides is 1. The van der Waals surface area contributed by atoms with E-state index in [4.69, 9.17) is 4.74 Å². The van der Waals surface area contributed by atoms with E-state index in [0.29, 0.717) is 23.7 Å². The van der Waals surface area contributed by atoms with Crippen LogP contribution < -0.4 is 5.32 Å². The SMILES string of the molecule is Cc1ccc(S(=O)(=O)N2CCOC(c3ccc(Nc4ccccn4)cn3)C2)cc1C. The van der Waals surface area contributed by atoms with Crippen LogP contribution in [0.1, 0.15) is 22.9 Å². The Kier molecular flexibility index (Phi) is 5.80. The average Bonchev–Trinajstić information content (AvgIpc) is 2.77. The van der Waals surface area contributed by atoms with Gasteiger partial charge >= 0.3 is 0 Å². The standard InChI is InChI=1S/C22H24N4O3S/c1-16-6-8-19(13-17(16)2)30(27,28)26-11-12-29-21(15-26)20-9-7-18(14-24-20)25-22-5-3-4-10-23-22/h3-10,13-14,21H,11-12,15H2,1-2H3,(H,23,25). The van der Waals surface area contributed by atoms with E-state index >= 15 is 0 Å². The number of nitrogens with zero attached hydrogens (tertiary/aromatic N) is 3. The van der Waals surface area contributed by atoms with Gasteiger partial charge in [-0.15, -0.1) is 0 Å². The molecule has 0 amide bonds. The van der Waals surface area contributed by atoms with Crippen LogP contribution in [-0.2, 0) is 14.8 Å². The van der Waals surface area contributed by atoms with Crippen LogP contribution in [0, 0.1) is 13.8 Å². The van der Waals surface area contributed by atoms with Crippen LogP contribution >= 0.6 is 0 Å². The Morgan fingerprint density at radius 3 is 2.63 bits per heavy atom. The predicted molar refractivity (Wildman–Crippen MR) is 115 cm³/mol. The van der Waals surface area contributed by atoms with Gasteiger partial charge in [0.1, 0.15) is 11.9 Å². The molecule has 3 heterocycles. The third-order valence-electron chi connectivity index (χ3n) is 5.20. The molecule has 1 fully saturated rings. The summed E-state index contributed by atoms with van der Waals surface area (Å²) in [6.07, 6.45) is 3.00. The minimum absolute atomic E-state index is 0.231. The second kappa shape index (κ2) is 8.51. The van der Waals surface area contributed by atoms with Gasteiger partial charge in [0.2, 0.25) is 10.0 Å². The van der Waals surface area contributed by atoms with Gasteiger partial charge in [0.05, 0.1) is 29.1 Å². The highest BCUT2D eigenvalue weighted by Gasteiger charge is 2.32. The van der Waals surface area contributed by atoms with E-state index in [1.165, 1.54) is 4.31 Å². The van der Waals surface area contributed by atoms with Gasteiger partial charge < -0.3 is 10.1 Å². The highest BCUT2D eigenvalue weighted by atomic mass is 32.2. The zero-order valence-corrected chi connectivity index (χ0v) is 17.8. The van der Waals surface area contributed by atoms with E-state index in [2.05, 4.69) is 15.3 Å². The summed E-state index contributed by atoms with van der Waals surface area (Å²) in [5, 5.41) is 3.18. The molecular weight excluding hydrogens is 400 g/mol. The van der Waals surface area contributed by atoms with Gasteiger partial charge in [0.25, 0.3) is 0 Å². The number of aromatic nitrogens is 2. The average molecular weight is 425 g/mol. The third kappa shape index (κ3) is 4.35. The van der Waals surface area contributed by atoms with Gasteiger partial charge in [0, 0.05) is 19.3 Å². The number of ether oxygens (including phenoxy) is 1. The molecule has 2 aromatic heterocycles. The van der Waals surface area contributed by atoms with Crippen molar-refractivity contribution in [2.75, 3.05) is 25.0 Å². The molecule has 3 aromatic rings. The minimum atomic E-state index is -3.59. The Morgan fingerprint density at radius 1 is 1.07 bits per heavy atom. The van der Waals surface area contributed by atoms with Crippen molar-refractivity contribution < 1.29 is 13.2 Å². The third-order valence-corrected chi connectivity index (χ3v) is 7.06. The summed E-state index contributed by atoms with van der Waals surface area (Å²) >= 11 is 0. The summed E-state index contributed by atoms with van der Waals surface area (Å²) in [7, 11) is -3.59. The van der Waals surface area contributed by atoms with Gasteiger partial charge in [-0.25, -0.2) is 13.4 Å². The molecule has 0 saturated carbocycles. The molecule has 0 spiro atoms. The molecule has 7 nitrogen and oxygen atoms in total. The smallest absolute Gasteiger partial charge is 0.243 e. The molecule has 0 bridgehead atoms. The van der Waals surface area contributed by atoms with Crippen molar-refractivity contribution in [3.8, 4) is 0 Å². The van der Waals surface area contributed by atoms with E-state index in [1.54, 1.807) is 24.5 Å². The molecule has 1 N–H and O–H groups in total. The number of hydrogen-bond acceptors (Lipinski definition) is 6. The van der Waals surface area contributed by atoms with Crippen LogP contribution in [0.25, 0.3) is 0 Å². The normalized spacial score (nSPS) is 17.6. The monoisotopic (exact) mass is 424 g/mol. The predicted octanol–water partition coefficient (Wildman–Crippen LogP) is 3.60. The molecule has 156 valence electrons. The number of anilines is 2. The summed E-state index contributed by atoms with van der Waals surface area (Å²) in [4.78, 5) is 9.02. The first-order valence-electron chi connectivity index (χ1n) is 9.76. The van der Waals surface area contributed by atoms with Crippen molar-refractivity contribution in [2.45, 2.75) is 24.8 Å². The molecule has 1 atom stereocenters. The zero-order valence-electron chi connectivity index (χ0n) is 16.9. The fraction of sp³-hybridized carbons (Fsp3) is 0.273. The van der Waals surface area contributed by atoms with Crippen LogP contribution in [0.3, 0.4) is 0 Å². The lowest BCUT2D eigenvalue weighted by Gasteiger charge is -2.32. The zero-order chi connectivity index (χ0) is 21.1. The first-order chi connectivity index (χ1) is 14.4.